The van der Waals surface area contributed by atoms with E-state index < -0.39 is 0 Å². The molecule has 5 nitrogen and oxygen atoms in total. The van der Waals surface area contributed by atoms with Crippen LogP contribution >= 0.6 is 11.3 Å². The van der Waals surface area contributed by atoms with Crippen LogP contribution in [0.25, 0.3) is 0 Å². The van der Waals surface area contributed by atoms with Crippen LogP contribution in [0.3, 0.4) is 0 Å². The van der Waals surface area contributed by atoms with Crippen molar-refractivity contribution < 1.29 is 4.79 Å². The van der Waals surface area contributed by atoms with Gasteiger partial charge in [0.2, 0.25) is 5.91 Å². The maximum absolute atomic E-state index is 12.2. The summed E-state index contributed by atoms with van der Waals surface area (Å²) in [6.07, 6.45) is 2.40. The van der Waals surface area contributed by atoms with Gasteiger partial charge in [-0.1, -0.05) is 30.3 Å². The molecular weight excluding hydrogens is 320 g/mol. The first-order valence-electron chi connectivity index (χ1n) is 8.43. The predicted molar refractivity (Wildman–Crippen MR) is 98.4 cm³/mol. The molecule has 1 atom stereocenters. The molecule has 0 saturated carbocycles. The van der Waals surface area contributed by atoms with E-state index in [1.807, 2.05) is 48.8 Å². The highest BCUT2D eigenvalue weighted by Gasteiger charge is 2.19. The lowest BCUT2D eigenvalue weighted by molar-refractivity contribution is -0.122. The van der Waals surface area contributed by atoms with E-state index in [9.17, 15) is 4.79 Å². The maximum Gasteiger partial charge on any atom is 0.221 e. The van der Waals surface area contributed by atoms with Crippen LogP contribution in [0.15, 0.2) is 41.9 Å². The number of amides is 1. The summed E-state index contributed by atoms with van der Waals surface area (Å²) in [5.74, 6) is 0.119. The molecule has 0 spiro atoms. The van der Waals surface area contributed by atoms with Crippen molar-refractivity contribution in [2.24, 2.45) is 0 Å². The van der Waals surface area contributed by atoms with E-state index in [0.29, 0.717) is 6.42 Å². The van der Waals surface area contributed by atoms with Crippen LogP contribution in [0.2, 0.25) is 0 Å². The van der Waals surface area contributed by atoms with Crippen molar-refractivity contribution in [3.05, 3.63) is 47.5 Å². The van der Waals surface area contributed by atoms with E-state index >= 15 is 0 Å². The summed E-state index contributed by atoms with van der Waals surface area (Å²) in [5.41, 5.74) is 1.14. The van der Waals surface area contributed by atoms with Crippen molar-refractivity contribution in [2.75, 3.05) is 37.6 Å². The minimum absolute atomic E-state index is 0.0560. The first-order chi connectivity index (χ1) is 11.7. The average Bonchev–Trinajstić information content (AvgIpc) is 3.16. The summed E-state index contributed by atoms with van der Waals surface area (Å²) >= 11 is 1.69. The summed E-state index contributed by atoms with van der Waals surface area (Å²) in [7, 11) is 0. The molecule has 0 unspecified atom stereocenters. The monoisotopic (exact) mass is 344 g/mol. The van der Waals surface area contributed by atoms with Gasteiger partial charge in [-0.2, -0.15) is 0 Å². The number of thiazole rings is 1. The second-order valence-electron chi connectivity index (χ2n) is 6.09. The number of carbonyl (C=O) groups excluding carboxylic acids is 1. The maximum atomic E-state index is 12.2. The lowest BCUT2D eigenvalue weighted by atomic mass is 10.1. The fraction of sp³-hybridized carbons (Fsp3) is 0.444. The van der Waals surface area contributed by atoms with E-state index in [-0.39, 0.29) is 11.9 Å². The van der Waals surface area contributed by atoms with Crippen LogP contribution in [0, 0.1) is 0 Å². The van der Waals surface area contributed by atoms with Gasteiger partial charge < -0.3 is 10.2 Å². The second kappa shape index (κ2) is 8.26. The van der Waals surface area contributed by atoms with Gasteiger partial charge in [0.25, 0.3) is 0 Å². The van der Waals surface area contributed by atoms with Crippen molar-refractivity contribution in [2.45, 2.75) is 19.4 Å². The molecule has 6 heteroatoms. The van der Waals surface area contributed by atoms with Crippen molar-refractivity contribution in [3.63, 3.8) is 0 Å². The second-order valence-corrected chi connectivity index (χ2v) is 6.97. The van der Waals surface area contributed by atoms with Gasteiger partial charge in [-0.05, 0) is 12.5 Å². The van der Waals surface area contributed by atoms with Gasteiger partial charge in [-0.15, -0.1) is 11.3 Å². The number of piperazine rings is 1. The molecule has 2 heterocycles. The Balaban J connectivity index is 1.38. The standard InChI is InChI=1S/C18H24N4OS/c1-15(16-5-3-2-4-6-16)20-17(23)7-9-21-10-12-22(13-11-21)18-19-8-14-24-18/h2-6,8,14-15H,7,9-13H2,1H3,(H,20,23)/t15-/m0/s1. The van der Waals surface area contributed by atoms with Gasteiger partial charge in [-0.25, -0.2) is 4.98 Å². The van der Waals surface area contributed by atoms with Crippen molar-refractivity contribution >= 4 is 22.4 Å². The largest absolute Gasteiger partial charge is 0.350 e. The lowest BCUT2D eigenvalue weighted by Gasteiger charge is -2.34. The minimum atomic E-state index is 0.0560. The Bertz CT molecular complexity index is 624. The summed E-state index contributed by atoms with van der Waals surface area (Å²) in [4.78, 5) is 21.2. The third-order valence-electron chi connectivity index (χ3n) is 4.39. The number of aromatic nitrogens is 1. The molecule has 1 N–H and O–H groups in total. The number of nitrogens with one attached hydrogen (secondary N) is 1. The Labute approximate surface area is 147 Å². The highest BCUT2D eigenvalue weighted by Crippen LogP contribution is 2.19. The molecule has 1 aliphatic heterocycles. The smallest absolute Gasteiger partial charge is 0.221 e. The molecule has 0 radical (unpaired) electrons. The number of hydrogen-bond donors (Lipinski definition) is 1. The lowest BCUT2D eigenvalue weighted by Crippen LogP contribution is -2.47. The van der Waals surface area contributed by atoms with Crippen molar-refractivity contribution in [3.8, 4) is 0 Å². The highest BCUT2D eigenvalue weighted by molar-refractivity contribution is 7.13. The Morgan fingerprint density at radius 3 is 2.67 bits per heavy atom. The number of benzene rings is 1. The van der Waals surface area contributed by atoms with E-state index in [1.54, 1.807) is 11.3 Å². The molecule has 0 bridgehead atoms. The summed E-state index contributed by atoms with van der Waals surface area (Å²) in [5, 5.41) is 6.20. The Hall–Kier alpha value is -1.92. The molecule has 128 valence electrons. The number of carbonyl (C=O) groups is 1. The van der Waals surface area contributed by atoms with Crippen LogP contribution < -0.4 is 10.2 Å². The number of nitrogens with zero attached hydrogens (tertiary/aromatic N) is 3. The van der Waals surface area contributed by atoms with Gasteiger partial charge in [-0.3, -0.25) is 9.69 Å². The Kier molecular flexibility index (Phi) is 5.82. The van der Waals surface area contributed by atoms with Gasteiger partial charge in [0, 0.05) is 50.7 Å². The number of hydrogen-bond acceptors (Lipinski definition) is 5. The molecule has 1 aromatic carbocycles. The summed E-state index contributed by atoms with van der Waals surface area (Å²) in [6.45, 7) is 6.78. The first kappa shape index (κ1) is 16.9. The minimum Gasteiger partial charge on any atom is -0.350 e. The third kappa shape index (κ3) is 4.55. The van der Waals surface area contributed by atoms with Gasteiger partial charge in [0.15, 0.2) is 5.13 Å². The van der Waals surface area contributed by atoms with Crippen LogP contribution in [0.4, 0.5) is 5.13 Å². The molecule has 1 aromatic heterocycles. The molecule has 1 amide bonds. The molecule has 2 aromatic rings. The van der Waals surface area contributed by atoms with E-state index in [2.05, 4.69) is 20.1 Å². The average molecular weight is 344 g/mol. The zero-order valence-electron chi connectivity index (χ0n) is 14.0. The SMILES string of the molecule is C[C@H](NC(=O)CCN1CCN(c2nccs2)CC1)c1ccccc1. The van der Waals surface area contributed by atoms with Gasteiger partial charge >= 0.3 is 0 Å². The van der Waals surface area contributed by atoms with Gasteiger partial charge in [0.1, 0.15) is 0 Å². The topological polar surface area (TPSA) is 48.5 Å². The predicted octanol–water partition coefficient (Wildman–Crippen LogP) is 2.53. The molecular formula is C18H24N4OS. The highest BCUT2D eigenvalue weighted by atomic mass is 32.1. The Morgan fingerprint density at radius 2 is 2.00 bits per heavy atom. The zero-order chi connectivity index (χ0) is 16.8. The normalized spacial score (nSPS) is 16.8. The molecule has 1 aliphatic rings. The Morgan fingerprint density at radius 1 is 1.25 bits per heavy atom. The molecule has 24 heavy (non-hydrogen) atoms. The van der Waals surface area contributed by atoms with E-state index in [0.717, 1.165) is 43.4 Å². The first-order valence-corrected chi connectivity index (χ1v) is 9.31. The van der Waals surface area contributed by atoms with E-state index in [4.69, 9.17) is 0 Å². The fourth-order valence-corrected chi connectivity index (χ4v) is 3.63. The summed E-state index contributed by atoms with van der Waals surface area (Å²) < 4.78 is 0. The molecule has 0 aliphatic carbocycles. The van der Waals surface area contributed by atoms with E-state index in [1.165, 1.54) is 0 Å². The number of anilines is 1. The zero-order valence-corrected chi connectivity index (χ0v) is 14.8. The van der Waals surface area contributed by atoms with Gasteiger partial charge in [0.05, 0.1) is 6.04 Å². The molecule has 1 saturated heterocycles. The van der Waals surface area contributed by atoms with Crippen molar-refractivity contribution in [1.29, 1.82) is 0 Å². The van der Waals surface area contributed by atoms with Crippen LogP contribution in [-0.2, 0) is 4.79 Å². The summed E-state index contributed by atoms with van der Waals surface area (Å²) in [6, 6.07) is 10.1. The number of rotatable bonds is 6. The quantitative estimate of drug-likeness (QED) is 0.875. The fourth-order valence-electron chi connectivity index (χ4n) is 2.93. The molecule has 3 rings (SSSR count). The molecule has 1 fully saturated rings. The van der Waals surface area contributed by atoms with Crippen LogP contribution in [0.5, 0.6) is 0 Å². The van der Waals surface area contributed by atoms with Crippen LogP contribution in [0.1, 0.15) is 24.9 Å². The van der Waals surface area contributed by atoms with Crippen molar-refractivity contribution in [1.82, 2.24) is 15.2 Å². The van der Waals surface area contributed by atoms with Crippen LogP contribution in [-0.4, -0.2) is 48.5 Å². The third-order valence-corrected chi connectivity index (χ3v) is 5.23.